The van der Waals surface area contributed by atoms with Gasteiger partial charge in [0.15, 0.2) is 18.1 Å². The van der Waals surface area contributed by atoms with E-state index in [2.05, 4.69) is 11.0 Å². The smallest absolute Gasteiger partial charge is 0.341 e. The highest BCUT2D eigenvalue weighted by atomic mass is 16.7. The van der Waals surface area contributed by atoms with E-state index in [4.69, 9.17) is 19.3 Å². The zero-order valence-electron chi connectivity index (χ0n) is 15.9. The first kappa shape index (κ1) is 18.6. The van der Waals surface area contributed by atoms with Gasteiger partial charge in [-0.3, -0.25) is 4.90 Å². The van der Waals surface area contributed by atoms with Gasteiger partial charge in [0.2, 0.25) is 6.79 Å². The quantitative estimate of drug-likeness (QED) is 0.815. The Kier molecular flexibility index (Phi) is 5.67. The Hall–Kier alpha value is -2.73. The molecule has 0 unspecified atom stereocenters. The zero-order valence-corrected chi connectivity index (χ0v) is 15.9. The summed E-state index contributed by atoms with van der Waals surface area (Å²) in [4.78, 5) is 13.4. The number of fused-ring (bicyclic) bond motifs is 1. The largest absolute Gasteiger partial charge is 0.482 e. The number of rotatable bonds is 6. The van der Waals surface area contributed by atoms with E-state index in [0.717, 1.165) is 47.8 Å². The van der Waals surface area contributed by atoms with Crippen LogP contribution in [-0.2, 0) is 11.3 Å². The Labute approximate surface area is 164 Å². The van der Waals surface area contributed by atoms with Crippen LogP contribution in [-0.4, -0.2) is 42.5 Å². The van der Waals surface area contributed by atoms with Crippen LogP contribution < -0.4 is 14.2 Å². The average molecular weight is 383 g/mol. The van der Waals surface area contributed by atoms with Gasteiger partial charge < -0.3 is 19.3 Å². The highest BCUT2D eigenvalue weighted by Crippen LogP contribution is 2.37. The minimum absolute atomic E-state index is 0.251. The Balaban J connectivity index is 1.61. The predicted octanol–water partition coefficient (Wildman–Crippen LogP) is 3.92. The monoisotopic (exact) mass is 383 g/mol. The summed E-state index contributed by atoms with van der Waals surface area (Å²) in [7, 11) is 0. The number of hydrogen-bond donors (Lipinski definition) is 1. The first-order valence-electron chi connectivity index (χ1n) is 9.79. The molecule has 0 aliphatic carbocycles. The lowest BCUT2D eigenvalue weighted by Crippen LogP contribution is -2.24. The van der Waals surface area contributed by atoms with E-state index in [1.807, 2.05) is 30.3 Å². The third kappa shape index (κ3) is 4.39. The molecule has 2 heterocycles. The molecule has 2 aliphatic heterocycles. The van der Waals surface area contributed by atoms with Crippen LogP contribution in [0.15, 0.2) is 36.4 Å². The maximum atomic E-state index is 11.0. The molecule has 4 rings (SSSR count). The molecule has 148 valence electrons. The van der Waals surface area contributed by atoms with E-state index in [0.29, 0.717) is 5.75 Å². The molecule has 0 bridgehead atoms. The van der Waals surface area contributed by atoms with Gasteiger partial charge >= 0.3 is 5.97 Å². The van der Waals surface area contributed by atoms with Crippen LogP contribution in [0.2, 0.25) is 0 Å². The van der Waals surface area contributed by atoms with E-state index in [9.17, 15) is 4.79 Å². The Morgan fingerprint density at radius 1 is 0.964 bits per heavy atom. The second-order valence-corrected chi connectivity index (χ2v) is 7.26. The van der Waals surface area contributed by atoms with Crippen molar-refractivity contribution in [3.05, 3.63) is 42.0 Å². The molecule has 2 aliphatic rings. The fraction of sp³-hybridized carbons (Fsp3) is 0.409. The Morgan fingerprint density at radius 3 is 2.46 bits per heavy atom. The lowest BCUT2D eigenvalue weighted by atomic mass is 10.0. The molecule has 0 atom stereocenters. The summed E-state index contributed by atoms with van der Waals surface area (Å²) < 4.78 is 16.5. The number of carbonyl (C=O) groups is 1. The minimum Gasteiger partial charge on any atom is -0.482 e. The molecule has 2 aromatic rings. The number of likely N-dealkylation sites (tertiary alicyclic amines) is 1. The number of ether oxygens (including phenoxy) is 3. The summed E-state index contributed by atoms with van der Waals surface area (Å²) >= 11 is 0. The molecule has 2 aromatic carbocycles. The van der Waals surface area contributed by atoms with Crippen LogP contribution >= 0.6 is 0 Å². The van der Waals surface area contributed by atoms with Crippen LogP contribution in [0.4, 0.5) is 0 Å². The van der Waals surface area contributed by atoms with Gasteiger partial charge in [0.1, 0.15) is 5.75 Å². The van der Waals surface area contributed by atoms with Crippen molar-refractivity contribution in [2.24, 2.45) is 0 Å². The molecule has 1 saturated heterocycles. The summed E-state index contributed by atoms with van der Waals surface area (Å²) in [6.45, 7) is 2.80. The molecular formula is C22H25NO5. The molecule has 1 fully saturated rings. The number of aliphatic carboxylic acids is 1. The lowest BCUT2D eigenvalue weighted by molar-refractivity contribution is -0.139. The third-order valence-corrected chi connectivity index (χ3v) is 5.21. The standard InChI is InChI=1S/C22H25NO5/c24-22(25)14-26-19-7-5-16(17-6-8-20-21(12-17)28-15-27-20)11-18(19)13-23-9-3-1-2-4-10-23/h5-8,11-12H,1-4,9-10,13-15H2,(H,24,25). The van der Waals surface area contributed by atoms with E-state index >= 15 is 0 Å². The molecule has 0 spiro atoms. The summed E-state index contributed by atoms with van der Waals surface area (Å²) in [5.74, 6) is 1.17. The Bertz CT molecular complexity index is 843. The van der Waals surface area contributed by atoms with E-state index < -0.39 is 5.97 Å². The van der Waals surface area contributed by atoms with Gasteiger partial charge in [0, 0.05) is 12.1 Å². The van der Waals surface area contributed by atoms with Crippen molar-refractivity contribution in [1.29, 1.82) is 0 Å². The van der Waals surface area contributed by atoms with Gasteiger partial charge in [-0.25, -0.2) is 4.79 Å². The molecule has 0 saturated carbocycles. The van der Waals surface area contributed by atoms with E-state index in [-0.39, 0.29) is 13.4 Å². The summed E-state index contributed by atoms with van der Waals surface area (Å²) in [6.07, 6.45) is 4.95. The van der Waals surface area contributed by atoms with E-state index in [1.54, 1.807) is 0 Å². The predicted molar refractivity (Wildman–Crippen MR) is 105 cm³/mol. The second kappa shape index (κ2) is 8.52. The van der Waals surface area contributed by atoms with Crippen molar-refractivity contribution in [1.82, 2.24) is 4.90 Å². The molecule has 6 heteroatoms. The minimum atomic E-state index is -0.972. The highest BCUT2D eigenvalue weighted by molar-refractivity contribution is 5.70. The molecule has 6 nitrogen and oxygen atoms in total. The Morgan fingerprint density at radius 2 is 1.68 bits per heavy atom. The summed E-state index contributed by atoms with van der Waals surface area (Å²) in [5, 5.41) is 8.99. The summed E-state index contributed by atoms with van der Waals surface area (Å²) in [6, 6.07) is 11.8. The third-order valence-electron chi connectivity index (χ3n) is 5.21. The lowest BCUT2D eigenvalue weighted by Gasteiger charge is -2.22. The number of carboxylic acid groups (broad SMARTS) is 1. The first-order valence-corrected chi connectivity index (χ1v) is 9.79. The van der Waals surface area contributed by atoms with Gasteiger partial charge in [-0.2, -0.15) is 0 Å². The maximum Gasteiger partial charge on any atom is 0.341 e. The normalized spacial score (nSPS) is 16.6. The van der Waals surface area contributed by atoms with Crippen LogP contribution in [0.5, 0.6) is 17.2 Å². The second-order valence-electron chi connectivity index (χ2n) is 7.26. The van der Waals surface area contributed by atoms with Crippen LogP contribution in [0.25, 0.3) is 11.1 Å². The van der Waals surface area contributed by atoms with Crippen LogP contribution in [0.1, 0.15) is 31.2 Å². The van der Waals surface area contributed by atoms with Crippen molar-refractivity contribution in [2.45, 2.75) is 32.2 Å². The van der Waals surface area contributed by atoms with Gasteiger partial charge in [-0.1, -0.05) is 25.0 Å². The van der Waals surface area contributed by atoms with Crippen LogP contribution in [0, 0.1) is 0 Å². The van der Waals surface area contributed by atoms with Gasteiger partial charge in [-0.15, -0.1) is 0 Å². The molecule has 0 amide bonds. The average Bonchev–Trinajstić information content (AvgIpc) is 3.02. The van der Waals surface area contributed by atoms with Gasteiger partial charge in [-0.05, 0) is 61.3 Å². The molecular weight excluding hydrogens is 358 g/mol. The SMILES string of the molecule is O=C(O)COc1ccc(-c2ccc3c(c2)OCO3)cc1CN1CCCCCC1. The highest BCUT2D eigenvalue weighted by Gasteiger charge is 2.17. The fourth-order valence-corrected chi connectivity index (χ4v) is 3.77. The van der Waals surface area contributed by atoms with Crippen molar-refractivity contribution < 1.29 is 24.1 Å². The molecule has 28 heavy (non-hydrogen) atoms. The number of nitrogens with zero attached hydrogens (tertiary/aromatic N) is 1. The van der Waals surface area contributed by atoms with Gasteiger partial charge in [0.05, 0.1) is 0 Å². The number of benzene rings is 2. The number of hydrogen-bond acceptors (Lipinski definition) is 5. The first-order chi connectivity index (χ1) is 13.7. The molecule has 1 N–H and O–H groups in total. The topological polar surface area (TPSA) is 68.2 Å². The number of carboxylic acids is 1. The summed E-state index contributed by atoms with van der Waals surface area (Å²) in [5.41, 5.74) is 3.09. The van der Waals surface area contributed by atoms with E-state index in [1.165, 1.54) is 25.7 Å². The van der Waals surface area contributed by atoms with Crippen molar-refractivity contribution in [3.8, 4) is 28.4 Å². The van der Waals surface area contributed by atoms with Crippen molar-refractivity contribution >= 4 is 5.97 Å². The van der Waals surface area contributed by atoms with Gasteiger partial charge in [0.25, 0.3) is 0 Å². The molecule has 0 aromatic heterocycles. The van der Waals surface area contributed by atoms with Crippen LogP contribution in [0.3, 0.4) is 0 Å². The molecule has 0 radical (unpaired) electrons. The fourth-order valence-electron chi connectivity index (χ4n) is 3.77. The maximum absolute atomic E-state index is 11.0. The van der Waals surface area contributed by atoms with Crippen molar-refractivity contribution in [3.63, 3.8) is 0 Å². The zero-order chi connectivity index (χ0) is 19.3. The van der Waals surface area contributed by atoms with Crippen molar-refractivity contribution in [2.75, 3.05) is 26.5 Å².